The van der Waals surface area contributed by atoms with E-state index in [-0.39, 0.29) is 5.56 Å². The number of nitrogens with zero attached hydrogens (tertiary/aromatic N) is 2. The SMILES string of the molecule is O=C(c1cc([N+](=O)[O-])cc(S(=O)(=O)Cl)c1)N1CCCCC1. The highest BCUT2D eigenvalue weighted by Crippen LogP contribution is 2.25. The van der Waals surface area contributed by atoms with E-state index in [9.17, 15) is 23.3 Å². The number of rotatable bonds is 3. The van der Waals surface area contributed by atoms with Gasteiger partial charge < -0.3 is 4.90 Å². The Labute approximate surface area is 126 Å². The van der Waals surface area contributed by atoms with Crippen LogP contribution in [0.2, 0.25) is 0 Å². The van der Waals surface area contributed by atoms with E-state index in [2.05, 4.69) is 0 Å². The highest BCUT2D eigenvalue weighted by atomic mass is 35.7. The molecule has 0 aliphatic carbocycles. The van der Waals surface area contributed by atoms with E-state index in [0.29, 0.717) is 13.1 Å². The molecule has 1 aromatic carbocycles. The summed E-state index contributed by atoms with van der Waals surface area (Å²) in [5.41, 5.74) is -0.512. The van der Waals surface area contributed by atoms with Crippen LogP contribution >= 0.6 is 10.7 Å². The van der Waals surface area contributed by atoms with Crippen molar-refractivity contribution < 1.29 is 18.1 Å². The van der Waals surface area contributed by atoms with Crippen LogP contribution in [0, 0.1) is 10.1 Å². The number of hydrogen-bond acceptors (Lipinski definition) is 5. The minimum absolute atomic E-state index is 0.0367. The molecule has 0 aromatic heterocycles. The molecule has 1 heterocycles. The van der Waals surface area contributed by atoms with Gasteiger partial charge in [-0.2, -0.15) is 0 Å². The van der Waals surface area contributed by atoms with Crippen LogP contribution in [0.4, 0.5) is 5.69 Å². The highest BCUT2D eigenvalue weighted by Gasteiger charge is 2.24. The molecule has 21 heavy (non-hydrogen) atoms. The number of likely N-dealkylation sites (tertiary alicyclic amines) is 1. The van der Waals surface area contributed by atoms with Crippen LogP contribution in [0.15, 0.2) is 23.1 Å². The zero-order chi connectivity index (χ0) is 15.6. The Bertz CT molecular complexity index is 683. The summed E-state index contributed by atoms with van der Waals surface area (Å²) in [4.78, 5) is 23.6. The Morgan fingerprint density at radius 2 is 1.81 bits per heavy atom. The van der Waals surface area contributed by atoms with Gasteiger partial charge >= 0.3 is 0 Å². The number of nitro benzene ring substituents is 1. The summed E-state index contributed by atoms with van der Waals surface area (Å²) in [5.74, 6) is -0.417. The van der Waals surface area contributed by atoms with Crippen molar-refractivity contribution in [1.82, 2.24) is 4.90 Å². The molecule has 0 unspecified atom stereocenters. The van der Waals surface area contributed by atoms with Crippen LogP contribution < -0.4 is 0 Å². The maximum atomic E-state index is 12.3. The molecule has 1 fully saturated rings. The lowest BCUT2D eigenvalue weighted by Crippen LogP contribution is -2.35. The molecule has 1 aliphatic rings. The number of amides is 1. The van der Waals surface area contributed by atoms with Crippen molar-refractivity contribution in [3.8, 4) is 0 Å². The number of hydrogen-bond donors (Lipinski definition) is 0. The van der Waals surface area contributed by atoms with E-state index >= 15 is 0 Å². The Morgan fingerprint density at radius 3 is 2.33 bits per heavy atom. The third kappa shape index (κ3) is 3.70. The number of nitro groups is 1. The molecule has 0 atom stereocenters. The van der Waals surface area contributed by atoms with Gasteiger partial charge in [0.1, 0.15) is 0 Å². The molecule has 1 amide bonds. The van der Waals surface area contributed by atoms with E-state index in [1.54, 1.807) is 4.90 Å². The average Bonchev–Trinajstić information content (AvgIpc) is 2.46. The second kappa shape index (κ2) is 5.98. The normalized spacial score (nSPS) is 15.8. The van der Waals surface area contributed by atoms with Gasteiger partial charge in [0.2, 0.25) is 0 Å². The molecule has 0 saturated carbocycles. The van der Waals surface area contributed by atoms with Crippen LogP contribution in [0.25, 0.3) is 0 Å². The summed E-state index contributed by atoms with van der Waals surface area (Å²) in [6, 6.07) is 2.99. The molecule has 0 spiro atoms. The zero-order valence-corrected chi connectivity index (χ0v) is 12.6. The number of piperidine rings is 1. The molecule has 7 nitrogen and oxygen atoms in total. The molecule has 2 rings (SSSR count). The van der Waals surface area contributed by atoms with Crippen molar-refractivity contribution in [2.24, 2.45) is 0 Å². The van der Waals surface area contributed by atoms with Gasteiger partial charge in [-0.25, -0.2) is 8.42 Å². The predicted octanol–water partition coefficient (Wildman–Crippen LogP) is 2.15. The largest absolute Gasteiger partial charge is 0.339 e. The lowest BCUT2D eigenvalue weighted by Gasteiger charge is -2.26. The van der Waals surface area contributed by atoms with Crippen molar-refractivity contribution in [3.05, 3.63) is 33.9 Å². The van der Waals surface area contributed by atoms with Gasteiger partial charge in [0, 0.05) is 41.5 Å². The summed E-state index contributed by atoms with van der Waals surface area (Å²) in [7, 11) is 1.07. The molecule has 1 saturated heterocycles. The molecule has 9 heteroatoms. The van der Waals surface area contributed by atoms with Gasteiger partial charge in [-0.05, 0) is 25.3 Å². The maximum Gasteiger partial charge on any atom is 0.271 e. The van der Waals surface area contributed by atoms with Crippen molar-refractivity contribution >= 4 is 31.3 Å². The average molecular weight is 333 g/mol. The van der Waals surface area contributed by atoms with Crippen LogP contribution in [0.3, 0.4) is 0 Å². The van der Waals surface area contributed by atoms with Gasteiger partial charge in [-0.1, -0.05) is 0 Å². The second-order valence-corrected chi connectivity index (χ2v) is 7.33. The Balaban J connectivity index is 2.44. The molecule has 0 radical (unpaired) electrons. The van der Waals surface area contributed by atoms with Gasteiger partial charge in [-0.3, -0.25) is 14.9 Å². The number of non-ortho nitro benzene ring substituents is 1. The maximum absolute atomic E-state index is 12.3. The predicted molar refractivity (Wildman–Crippen MR) is 75.9 cm³/mol. The third-order valence-electron chi connectivity index (χ3n) is 3.27. The fraction of sp³-hybridized carbons (Fsp3) is 0.417. The summed E-state index contributed by atoms with van der Waals surface area (Å²) >= 11 is 0. The van der Waals surface area contributed by atoms with Gasteiger partial charge in [0.05, 0.1) is 9.82 Å². The van der Waals surface area contributed by atoms with E-state index in [1.165, 1.54) is 0 Å². The zero-order valence-electron chi connectivity index (χ0n) is 11.0. The fourth-order valence-electron chi connectivity index (χ4n) is 2.23. The first-order chi connectivity index (χ1) is 9.79. The van der Waals surface area contributed by atoms with Crippen LogP contribution in [0.1, 0.15) is 29.6 Å². The molecule has 114 valence electrons. The van der Waals surface area contributed by atoms with Gasteiger partial charge in [0.25, 0.3) is 20.6 Å². The lowest BCUT2D eigenvalue weighted by atomic mass is 10.1. The van der Waals surface area contributed by atoms with Crippen molar-refractivity contribution in [2.75, 3.05) is 13.1 Å². The van der Waals surface area contributed by atoms with Crippen molar-refractivity contribution in [1.29, 1.82) is 0 Å². The number of carbonyl (C=O) groups is 1. The highest BCUT2D eigenvalue weighted by molar-refractivity contribution is 8.13. The topological polar surface area (TPSA) is 97.6 Å². The smallest absolute Gasteiger partial charge is 0.271 e. The molecular weight excluding hydrogens is 320 g/mol. The summed E-state index contributed by atoms with van der Waals surface area (Å²) in [6.07, 6.45) is 2.75. The van der Waals surface area contributed by atoms with Crippen LogP contribution in [-0.2, 0) is 9.05 Å². The number of halogens is 1. The summed E-state index contributed by atoms with van der Waals surface area (Å²) in [6.45, 7) is 1.12. The minimum Gasteiger partial charge on any atom is -0.339 e. The Kier molecular flexibility index (Phi) is 4.48. The fourth-order valence-corrected chi connectivity index (χ4v) is 3.03. The molecule has 1 aromatic rings. The standard InChI is InChI=1S/C12H13ClN2O5S/c13-21(19,20)11-7-9(6-10(8-11)15(17)18)12(16)14-4-2-1-3-5-14/h6-8H,1-5H2. The first-order valence-corrected chi connectivity index (χ1v) is 8.63. The van der Waals surface area contributed by atoms with E-state index < -0.39 is 30.5 Å². The van der Waals surface area contributed by atoms with Gasteiger partial charge in [0.15, 0.2) is 0 Å². The van der Waals surface area contributed by atoms with E-state index in [0.717, 1.165) is 37.5 Å². The number of benzene rings is 1. The molecule has 1 aliphatic heterocycles. The van der Waals surface area contributed by atoms with Gasteiger partial charge in [-0.15, -0.1) is 0 Å². The Hall–Kier alpha value is -1.67. The molecule has 0 N–H and O–H groups in total. The first-order valence-electron chi connectivity index (χ1n) is 6.32. The number of carbonyl (C=O) groups excluding carboxylic acids is 1. The van der Waals surface area contributed by atoms with E-state index in [1.807, 2.05) is 0 Å². The Morgan fingerprint density at radius 1 is 1.19 bits per heavy atom. The van der Waals surface area contributed by atoms with Crippen molar-refractivity contribution in [3.63, 3.8) is 0 Å². The first kappa shape index (κ1) is 15.7. The minimum atomic E-state index is -4.15. The summed E-state index contributed by atoms with van der Waals surface area (Å²) in [5, 5.41) is 10.9. The van der Waals surface area contributed by atoms with Crippen LogP contribution in [-0.4, -0.2) is 37.2 Å². The lowest BCUT2D eigenvalue weighted by molar-refractivity contribution is -0.385. The third-order valence-corrected chi connectivity index (χ3v) is 4.61. The van der Waals surface area contributed by atoms with E-state index in [4.69, 9.17) is 10.7 Å². The summed E-state index contributed by atoms with van der Waals surface area (Å²) < 4.78 is 22.8. The van der Waals surface area contributed by atoms with Crippen LogP contribution in [0.5, 0.6) is 0 Å². The quantitative estimate of drug-likeness (QED) is 0.480. The monoisotopic (exact) mass is 332 g/mol. The molecule has 0 bridgehead atoms. The molecular formula is C12H13ClN2O5S. The second-order valence-electron chi connectivity index (χ2n) is 4.76. The van der Waals surface area contributed by atoms with Crippen molar-refractivity contribution in [2.45, 2.75) is 24.2 Å².